The number of nitrogens with one attached hydrogen (secondary N) is 1. The van der Waals surface area contributed by atoms with Crippen LogP contribution in [0.25, 0.3) is 0 Å². The van der Waals surface area contributed by atoms with Crippen molar-refractivity contribution in [2.45, 2.75) is 19.3 Å². The molecule has 1 aromatic heterocycles. The fraction of sp³-hybridized carbons (Fsp3) is 0.250. The molecule has 1 aliphatic rings. The molecule has 0 fully saturated rings. The molecule has 6 heteroatoms. The van der Waals surface area contributed by atoms with Crippen molar-refractivity contribution in [2.24, 2.45) is 5.73 Å². The zero-order valence-corrected chi connectivity index (χ0v) is 12.4. The van der Waals surface area contributed by atoms with Gasteiger partial charge in [-0.15, -0.1) is 5.10 Å². The number of aromatic amines is 1. The SMILES string of the molecule is CCc1[nH]nc2c1[C@@H](c1ccccc1OC)C(C#N)=C(N)O2. The number of rotatable bonds is 3. The van der Waals surface area contributed by atoms with Gasteiger partial charge in [-0.2, -0.15) is 5.26 Å². The molecule has 1 aliphatic heterocycles. The first-order valence-electron chi connectivity index (χ1n) is 6.98. The van der Waals surface area contributed by atoms with E-state index in [9.17, 15) is 5.26 Å². The number of nitriles is 1. The van der Waals surface area contributed by atoms with Crippen LogP contribution in [-0.4, -0.2) is 17.3 Å². The summed E-state index contributed by atoms with van der Waals surface area (Å²) < 4.78 is 10.9. The van der Waals surface area contributed by atoms with Gasteiger partial charge in [0.1, 0.15) is 17.4 Å². The molecule has 3 N–H and O–H groups in total. The van der Waals surface area contributed by atoms with Crippen LogP contribution < -0.4 is 15.2 Å². The second kappa shape index (κ2) is 5.45. The summed E-state index contributed by atoms with van der Waals surface area (Å²) in [6.45, 7) is 2.01. The largest absolute Gasteiger partial charge is 0.496 e. The van der Waals surface area contributed by atoms with E-state index >= 15 is 0 Å². The molecule has 0 amide bonds. The van der Waals surface area contributed by atoms with Crippen LogP contribution in [0.1, 0.15) is 29.7 Å². The number of fused-ring (bicyclic) bond motifs is 1. The number of methoxy groups -OCH3 is 1. The van der Waals surface area contributed by atoms with Crippen molar-refractivity contribution >= 4 is 0 Å². The van der Waals surface area contributed by atoms with Crippen LogP contribution in [0.2, 0.25) is 0 Å². The van der Waals surface area contributed by atoms with E-state index in [4.69, 9.17) is 15.2 Å². The minimum absolute atomic E-state index is 0.0834. The fourth-order valence-corrected chi connectivity index (χ4v) is 2.79. The Bertz CT molecular complexity index is 786. The highest BCUT2D eigenvalue weighted by atomic mass is 16.5. The van der Waals surface area contributed by atoms with Gasteiger partial charge >= 0.3 is 0 Å². The van der Waals surface area contributed by atoms with E-state index in [1.54, 1.807) is 7.11 Å². The zero-order valence-electron chi connectivity index (χ0n) is 12.4. The lowest BCUT2D eigenvalue weighted by molar-refractivity contribution is 0.375. The molecule has 0 radical (unpaired) electrons. The summed E-state index contributed by atoms with van der Waals surface area (Å²) >= 11 is 0. The summed E-state index contributed by atoms with van der Waals surface area (Å²) in [5, 5.41) is 16.7. The third-order valence-electron chi connectivity index (χ3n) is 3.82. The summed E-state index contributed by atoms with van der Waals surface area (Å²) in [7, 11) is 1.61. The number of para-hydroxylation sites is 1. The molecule has 22 heavy (non-hydrogen) atoms. The van der Waals surface area contributed by atoms with Crippen molar-refractivity contribution in [3.05, 3.63) is 52.5 Å². The number of H-pyrrole nitrogens is 1. The van der Waals surface area contributed by atoms with Crippen LogP contribution in [0.4, 0.5) is 0 Å². The number of allylic oxidation sites excluding steroid dienone is 1. The van der Waals surface area contributed by atoms with E-state index in [0.29, 0.717) is 17.2 Å². The normalized spacial score (nSPS) is 16.7. The minimum Gasteiger partial charge on any atom is -0.496 e. The van der Waals surface area contributed by atoms with E-state index in [0.717, 1.165) is 23.2 Å². The number of nitrogens with two attached hydrogens (primary N) is 1. The number of ether oxygens (including phenoxy) is 2. The molecule has 0 unspecified atom stereocenters. The minimum atomic E-state index is -0.349. The van der Waals surface area contributed by atoms with Crippen molar-refractivity contribution < 1.29 is 9.47 Å². The van der Waals surface area contributed by atoms with Crippen LogP contribution in [-0.2, 0) is 6.42 Å². The average Bonchev–Trinajstić information content (AvgIpc) is 2.95. The Balaban J connectivity index is 2.28. The number of benzene rings is 1. The fourth-order valence-electron chi connectivity index (χ4n) is 2.79. The summed E-state index contributed by atoms with van der Waals surface area (Å²) in [5.41, 5.74) is 8.92. The predicted octanol–water partition coefficient (Wildman–Crippen LogP) is 2.20. The van der Waals surface area contributed by atoms with Gasteiger partial charge in [0.05, 0.1) is 18.6 Å². The monoisotopic (exact) mass is 296 g/mol. The van der Waals surface area contributed by atoms with Gasteiger partial charge in [-0.3, -0.25) is 5.10 Å². The first kappa shape index (κ1) is 14.0. The van der Waals surface area contributed by atoms with E-state index in [1.165, 1.54) is 0 Å². The Morgan fingerprint density at radius 2 is 2.23 bits per heavy atom. The van der Waals surface area contributed by atoms with Gasteiger partial charge in [0.25, 0.3) is 0 Å². The standard InChI is InChI=1S/C16H16N4O2/c1-3-11-14-13(9-6-4-5-7-12(9)21-2)10(8-17)15(18)22-16(14)20-19-11/h4-7,13H,3,18H2,1-2H3,(H,19,20)/t13-/m0/s1. The van der Waals surface area contributed by atoms with E-state index in [2.05, 4.69) is 16.3 Å². The molecule has 1 aromatic carbocycles. The van der Waals surface area contributed by atoms with Gasteiger partial charge in [0, 0.05) is 11.3 Å². The molecule has 3 rings (SSSR count). The Kier molecular flexibility index (Phi) is 3.47. The van der Waals surface area contributed by atoms with E-state index in [-0.39, 0.29) is 11.8 Å². The summed E-state index contributed by atoms with van der Waals surface area (Å²) in [6, 6.07) is 9.75. The summed E-state index contributed by atoms with van der Waals surface area (Å²) in [5.74, 6) is 0.854. The first-order valence-corrected chi connectivity index (χ1v) is 6.98. The molecule has 2 heterocycles. The van der Waals surface area contributed by atoms with Crippen molar-refractivity contribution in [2.75, 3.05) is 7.11 Å². The van der Waals surface area contributed by atoms with Crippen molar-refractivity contribution in [1.29, 1.82) is 5.26 Å². The number of hydrogen-bond acceptors (Lipinski definition) is 5. The van der Waals surface area contributed by atoms with Gasteiger partial charge < -0.3 is 15.2 Å². The second-order valence-corrected chi connectivity index (χ2v) is 4.94. The maximum atomic E-state index is 9.54. The lowest BCUT2D eigenvalue weighted by Crippen LogP contribution is -2.21. The molecule has 0 spiro atoms. The van der Waals surface area contributed by atoms with Gasteiger partial charge in [0.2, 0.25) is 11.8 Å². The lowest BCUT2D eigenvalue weighted by atomic mass is 9.83. The molecule has 112 valence electrons. The zero-order chi connectivity index (χ0) is 15.7. The van der Waals surface area contributed by atoms with Crippen LogP contribution >= 0.6 is 0 Å². The molecular weight excluding hydrogens is 280 g/mol. The van der Waals surface area contributed by atoms with Crippen molar-refractivity contribution in [1.82, 2.24) is 10.2 Å². The molecule has 1 atom stereocenters. The molecule has 0 saturated heterocycles. The Morgan fingerprint density at radius 3 is 2.91 bits per heavy atom. The van der Waals surface area contributed by atoms with Gasteiger partial charge in [-0.1, -0.05) is 25.1 Å². The van der Waals surface area contributed by atoms with Crippen molar-refractivity contribution in [3.8, 4) is 17.7 Å². The third kappa shape index (κ3) is 1.99. The molecule has 0 aliphatic carbocycles. The highest BCUT2D eigenvalue weighted by Crippen LogP contribution is 2.45. The predicted molar refractivity (Wildman–Crippen MR) is 80.3 cm³/mol. The van der Waals surface area contributed by atoms with Crippen LogP contribution in [0.5, 0.6) is 11.6 Å². The number of aryl methyl sites for hydroxylation is 1. The van der Waals surface area contributed by atoms with Gasteiger partial charge in [0.15, 0.2) is 0 Å². The topological polar surface area (TPSA) is 97.0 Å². The second-order valence-electron chi connectivity index (χ2n) is 4.94. The molecule has 0 bridgehead atoms. The maximum absolute atomic E-state index is 9.54. The molecule has 6 nitrogen and oxygen atoms in total. The van der Waals surface area contributed by atoms with Crippen LogP contribution in [0, 0.1) is 11.3 Å². The quantitative estimate of drug-likeness (QED) is 0.905. The van der Waals surface area contributed by atoms with E-state index < -0.39 is 0 Å². The van der Waals surface area contributed by atoms with Gasteiger partial charge in [-0.05, 0) is 12.5 Å². The highest BCUT2D eigenvalue weighted by Gasteiger charge is 2.36. The average molecular weight is 296 g/mol. The smallest absolute Gasteiger partial charge is 0.244 e. The first-order chi connectivity index (χ1) is 10.7. The lowest BCUT2D eigenvalue weighted by Gasteiger charge is -2.25. The van der Waals surface area contributed by atoms with Crippen molar-refractivity contribution in [3.63, 3.8) is 0 Å². The number of aromatic nitrogens is 2. The number of hydrogen-bond donors (Lipinski definition) is 2. The summed E-state index contributed by atoms with van der Waals surface area (Å²) in [4.78, 5) is 0. The molecular formula is C16H16N4O2. The third-order valence-corrected chi connectivity index (χ3v) is 3.82. The Morgan fingerprint density at radius 1 is 1.45 bits per heavy atom. The highest BCUT2D eigenvalue weighted by molar-refractivity contribution is 5.58. The van der Waals surface area contributed by atoms with Crippen LogP contribution in [0.15, 0.2) is 35.7 Å². The van der Waals surface area contributed by atoms with E-state index in [1.807, 2.05) is 31.2 Å². The molecule has 0 saturated carbocycles. The summed E-state index contributed by atoms with van der Waals surface area (Å²) in [6.07, 6.45) is 0.746. The Hall–Kier alpha value is -2.94. The Labute approximate surface area is 128 Å². The van der Waals surface area contributed by atoms with Crippen LogP contribution in [0.3, 0.4) is 0 Å². The maximum Gasteiger partial charge on any atom is 0.244 e. The molecule has 2 aromatic rings. The van der Waals surface area contributed by atoms with Gasteiger partial charge in [-0.25, -0.2) is 0 Å². The number of nitrogens with zero attached hydrogens (tertiary/aromatic N) is 2.